The SMILES string of the molecule is CC(C)Cc1nnc(-c2cc3ccccc3n2Cc2ccc([N+](=O)[O-])cc2)o1. The highest BCUT2D eigenvalue weighted by Crippen LogP contribution is 2.29. The van der Waals surface area contributed by atoms with Crippen molar-refractivity contribution in [1.29, 1.82) is 0 Å². The smallest absolute Gasteiger partial charge is 0.269 e. The Morgan fingerprint density at radius 2 is 1.86 bits per heavy atom. The highest BCUT2D eigenvalue weighted by molar-refractivity contribution is 5.85. The highest BCUT2D eigenvalue weighted by Gasteiger charge is 2.17. The fraction of sp³-hybridized carbons (Fsp3) is 0.238. The molecule has 2 aromatic heterocycles. The van der Waals surface area contributed by atoms with Crippen LogP contribution in [0.15, 0.2) is 59.0 Å². The number of nitrogens with zero attached hydrogens (tertiary/aromatic N) is 4. The molecule has 4 rings (SSSR count). The molecular weight excluding hydrogens is 356 g/mol. The molecule has 0 aliphatic rings. The van der Waals surface area contributed by atoms with Gasteiger partial charge in [0.05, 0.1) is 4.92 Å². The van der Waals surface area contributed by atoms with Gasteiger partial charge in [-0.15, -0.1) is 10.2 Å². The summed E-state index contributed by atoms with van der Waals surface area (Å²) >= 11 is 0. The Morgan fingerprint density at radius 3 is 2.57 bits per heavy atom. The first-order valence-electron chi connectivity index (χ1n) is 9.15. The molecule has 0 saturated heterocycles. The van der Waals surface area contributed by atoms with Gasteiger partial charge in [0.2, 0.25) is 5.89 Å². The number of rotatable bonds is 6. The Balaban J connectivity index is 1.75. The van der Waals surface area contributed by atoms with Gasteiger partial charge in [0.25, 0.3) is 11.6 Å². The predicted molar refractivity (Wildman–Crippen MR) is 106 cm³/mol. The zero-order valence-corrected chi connectivity index (χ0v) is 15.7. The van der Waals surface area contributed by atoms with Crippen LogP contribution in [-0.2, 0) is 13.0 Å². The molecule has 0 N–H and O–H groups in total. The fourth-order valence-electron chi connectivity index (χ4n) is 3.25. The Labute approximate surface area is 161 Å². The summed E-state index contributed by atoms with van der Waals surface area (Å²) in [4.78, 5) is 10.5. The summed E-state index contributed by atoms with van der Waals surface area (Å²) in [7, 11) is 0. The lowest BCUT2D eigenvalue weighted by molar-refractivity contribution is -0.384. The van der Waals surface area contributed by atoms with E-state index in [-0.39, 0.29) is 5.69 Å². The zero-order valence-electron chi connectivity index (χ0n) is 15.7. The summed E-state index contributed by atoms with van der Waals surface area (Å²) < 4.78 is 8.01. The summed E-state index contributed by atoms with van der Waals surface area (Å²) in [5.41, 5.74) is 2.91. The van der Waals surface area contributed by atoms with Gasteiger partial charge in [-0.3, -0.25) is 10.1 Å². The Hall–Kier alpha value is -3.48. The van der Waals surface area contributed by atoms with Crippen LogP contribution < -0.4 is 0 Å². The molecule has 0 unspecified atom stereocenters. The molecule has 0 radical (unpaired) electrons. The molecule has 0 aliphatic carbocycles. The van der Waals surface area contributed by atoms with Crippen molar-refractivity contribution in [2.45, 2.75) is 26.8 Å². The van der Waals surface area contributed by atoms with Crippen LogP contribution in [0.3, 0.4) is 0 Å². The maximum absolute atomic E-state index is 10.9. The second-order valence-corrected chi connectivity index (χ2v) is 7.20. The third-order valence-electron chi connectivity index (χ3n) is 4.57. The van der Waals surface area contributed by atoms with Gasteiger partial charge in [0, 0.05) is 36.0 Å². The van der Waals surface area contributed by atoms with Crippen molar-refractivity contribution >= 4 is 16.6 Å². The van der Waals surface area contributed by atoms with E-state index in [1.807, 2.05) is 30.3 Å². The standard InChI is InChI=1S/C21H20N4O3/c1-14(2)11-20-22-23-21(28-20)19-12-16-5-3-4-6-18(16)24(19)13-15-7-9-17(10-8-15)25(26)27/h3-10,12,14H,11,13H2,1-2H3. The van der Waals surface area contributed by atoms with Crippen molar-refractivity contribution in [1.82, 2.24) is 14.8 Å². The van der Waals surface area contributed by atoms with E-state index in [0.29, 0.717) is 24.2 Å². The van der Waals surface area contributed by atoms with Gasteiger partial charge in [0.15, 0.2) is 0 Å². The first-order chi connectivity index (χ1) is 13.5. The fourth-order valence-corrected chi connectivity index (χ4v) is 3.25. The third-order valence-corrected chi connectivity index (χ3v) is 4.57. The number of benzene rings is 2. The quantitative estimate of drug-likeness (QED) is 0.355. The van der Waals surface area contributed by atoms with Crippen molar-refractivity contribution in [2.24, 2.45) is 5.92 Å². The normalized spacial score (nSPS) is 11.4. The van der Waals surface area contributed by atoms with Crippen molar-refractivity contribution in [2.75, 3.05) is 0 Å². The average Bonchev–Trinajstić information content (AvgIpc) is 3.26. The van der Waals surface area contributed by atoms with Crippen LogP contribution in [0.2, 0.25) is 0 Å². The molecule has 28 heavy (non-hydrogen) atoms. The maximum Gasteiger partial charge on any atom is 0.269 e. The number of para-hydroxylation sites is 1. The van der Waals surface area contributed by atoms with Crippen LogP contribution in [0.5, 0.6) is 0 Å². The van der Waals surface area contributed by atoms with Crippen LogP contribution in [-0.4, -0.2) is 19.7 Å². The molecule has 0 aliphatic heterocycles. The van der Waals surface area contributed by atoms with E-state index in [1.54, 1.807) is 12.1 Å². The van der Waals surface area contributed by atoms with E-state index in [9.17, 15) is 10.1 Å². The summed E-state index contributed by atoms with van der Waals surface area (Å²) in [6, 6.07) is 16.7. The van der Waals surface area contributed by atoms with Gasteiger partial charge in [0.1, 0.15) is 5.69 Å². The second-order valence-electron chi connectivity index (χ2n) is 7.20. The van der Waals surface area contributed by atoms with Crippen LogP contribution >= 0.6 is 0 Å². The third kappa shape index (κ3) is 3.51. The number of non-ortho nitro benzene ring substituents is 1. The van der Waals surface area contributed by atoms with Crippen molar-refractivity contribution < 1.29 is 9.34 Å². The van der Waals surface area contributed by atoms with Crippen LogP contribution in [0.4, 0.5) is 5.69 Å². The largest absolute Gasteiger partial charge is 0.419 e. The predicted octanol–water partition coefficient (Wildman–Crippen LogP) is 4.85. The van der Waals surface area contributed by atoms with Crippen LogP contribution in [0.1, 0.15) is 25.3 Å². The topological polar surface area (TPSA) is 87.0 Å². The maximum atomic E-state index is 10.9. The molecule has 7 heteroatoms. The minimum atomic E-state index is -0.394. The van der Waals surface area contributed by atoms with Crippen molar-refractivity contribution in [3.8, 4) is 11.6 Å². The average molecular weight is 376 g/mol. The van der Waals surface area contributed by atoms with E-state index < -0.39 is 4.92 Å². The molecule has 0 fully saturated rings. The summed E-state index contributed by atoms with van der Waals surface area (Å²) in [5, 5.41) is 20.4. The monoisotopic (exact) mass is 376 g/mol. The van der Waals surface area contributed by atoms with E-state index >= 15 is 0 Å². The van der Waals surface area contributed by atoms with Gasteiger partial charge in [-0.05, 0) is 23.6 Å². The van der Waals surface area contributed by atoms with E-state index in [4.69, 9.17) is 4.42 Å². The summed E-state index contributed by atoms with van der Waals surface area (Å²) in [6.07, 6.45) is 0.732. The highest BCUT2D eigenvalue weighted by atomic mass is 16.6. The first-order valence-corrected chi connectivity index (χ1v) is 9.15. The molecule has 0 saturated carbocycles. The molecule has 142 valence electrons. The lowest BCUT2D eigenvalue weighted by Crippen LogP contribution is -2.02. The molecule has 0 bridgehead atoms. The van der Waals surface area contributed by atoms with Crippen LogP contribution in [0, 0.1) is 16.0 Å². The molecular formula is C21H20N4O3. The van der Waals surface area contributed by atoms with E-state index in [0.717, 1.165) is 28.6 Å². The summed E-state index contributed by atoms with van der Waals surface area (Å²) in [5.74, 6) is 1.53. The number of hydrogen-bond donors (Lipinski definition) is 0. The van der Waals surface area contributed by atoms with Crippen molar-refractivity contribution in [3.63, 3.8) is 0 Å². The number of nitro groups is 1. The number of nitro benzene ring substituents is 1. The Kier molecular flexibility index (Phi) is 4.65. The number of hydrogen-bond acceptors (Lipinski definition) is 5. The minimum absolute atomic E-state index is 0.0802. The second kappa shape index (κ2) is 7.26. The van der Waals surface area contributed by atoms with Gasteiger partial charge in [-0.1, -0.05) is 44.2 Å². The van der Waals surface area contributed by atoms with Gasteiger partial charge < -0.3 is 8.98 Å². The van der Waals surface area contributed by atoms with E-state index in [1.165, 1.54) is 12.1 Å². The molecule has 0 spiro atoms. The number of fused-ring (bicyclic) bond motifs is 1. The molecule has 4 aromatic rings. The van der Waals surface area contributed by atoms with E-state index in [2.05, 4.69) is 28.6 Å². The van der Waals surface area contributed by atoms with Gasteiger partial charge in [-0.2, -0.15) is 0 Å². The molecule has 2 heterocycles. The lowest BCUT2D eigenvalue weighted by Gasteiger charge is -2.09. The van der Waals surface area contributed by atoms with Gasteiger partial charge in [-0.25, -0.2) is 0 Å². The lowest BCUT2D eigenvalue weighted by atomic mass is 10.1. The molecule has 2 aromatic carbocycles. The summed E-state index contributed by atoms with van der Waals surface area (Å²) in [6.45, 7) is 4.76. The van der Waals surface area contributed by atoms with Crippen molar-refractivity contribution in [3.05, 3.63) is 76.2 Å². The zero-order chi connectivity index (χ0) is 19.7. The minimum Gasteiger partial charge on any atom is -0.419 e. The first kappa shape index (κ1) is 17.9. The molecule has 0 amide bonds. The molecule has 0 atom stereocenters. The Bertz CT molecular complexity index is 1130. The Morgan fingerprint density at radius 1 is 1.11 bits per heavy atom. The van der Waals surface area contributed by atoms with Crippen LogP contribution in [0.25, 0.3) is 22.5 Å². The number of aromatic nitrogens is 3. The van der Waals surface area contributed by atoms with Gasteiger partial charge >= 0.3 is 0 Å². The molecule has 7 nitrogen and oxygen atoms in total.